The molecular formula is C21H24N2O6S2. The molecule has 0 aromatic heterocycles. The number of β-amino-alcohol motifs (C(OH)–C–C–N with tert-alkyl or cyclic N) is 1. The quantitative estimate of drug-likeness (QED) is 0.518. The molecule has 10 heteroatoms. The monoisotopic (exact) mass is 464 g/mol. The number of aliphatic hydroxyl groups excluding tert-OH is 1. The highest BCUT2D eigenvalue weighted by Gasteiger charge is 2.48. The van der Waals surface area contributed by atoms with E-state index in [0.717, 1.165) is 15.1 Å². The van der Waals surface area contributed by atoms with Gasteiger partial charge in [0.05, 0.1) is 18.1 Å². The number of thiol groups is 1. The van der Waals surface area contributed by atoms with Crippen LogP contribution in [-0.4, -0.2) is 78.2 Å². The number of hydrogen-bond donors (Lipinski definition) is 2. The molecule has 0 unspecified atom stereocenters. The lowest BCUT2D eigenvalue weighted by molar-refractivity contribution is -0.152. The van der Waals surface area contributed by atoms with E-state index in [2.05, 4.69) is 12.6 Å². The lowest BCUT2D eigenvalue weighted by Gasteiger charge is -2.29. The summed E-state index contributed by atoms with van der Waals surface area (Å²) in [6, 6.07) is 10.3. The lowest BCUT2D eigenvalue weighted by Crippen LogP contribution is -2.51. The van der Waals surface area contributed by atoms with Crippen LogP contribution in [0.5, 0.6) is 0 Å². The summed E-state index contributed by atoms with van der Waals surface area (Å²) in [5, 5.41) is 11.4. The van der Waals surface area contributed by atoms with E-state index in [0.29, 0.717) is 0 Å². The van der Waals surface area contributed by atoms with Gasteiger partial charge < -0.3 is 14.7 Å². The van der Waals surface area contributed by atoms with Crippen molar-refractivity contribution in [2.45, 2.75) is 41.2 Å². The first-order valence-corrected chi connectivity index (χ1v) is 11.9. The molecular weight excluding hydrogens is 440 g/mol. The smallest absolute Gasteiger partial charge is 0.328 e. The maximum atomic E-state index is 13.5. The maximum absolute atomic E-state index is 13.5. The Morgan fingerprint density at radius 3 is 2.48 bits per heavy atom. The molecule has 2 aliphatic heterocycles. The molecule has 2 saturated heterocycles. The van der Waals surface area contributed by atoms with Crippen molar-refractivity contribution in [3.8, 4) is 0 Å². The third-order valence-corrected chi connectivity index (χ3v) is 8.13. The van der Waals surface area contributed by atoms with Gasteiger partial charge in [-0.3, -0.25) is 4.79 Å². The van der Waals surface area contributed by atoms with Gasteiger partial charge >= 0.3 is 5.97 Å². The molecule has 2 aromatic rings. The average molecular weight is 465 g/mol. The van der Waals surface area contributed by atoms with Crippen LogP contribution in [0.2, 0.25) is 0 Å². The van der Waals surface area contributed by atoms with Crippen molar-refractivity contribution >= 4 is 45.3 Å². The molecule has 2 aliphatic rings. The van der Waals surface area contributed by atoms with Gasteiger partial charge in [-0.25, -0.2) is 13.2 Å². The lowest BCUT2D eigenvalue weighted by atomic mass is 10.1. The van der Waals surface area contributed by atoms with E-state index in [1.807, 2.05) is 24.3 Å². The van der Waals surface area contributed by atoms with Crippen LogP contribution in [0.4, 0.5) is 0 Å². The van der Waals surface area contributed by atoms with Crippen LogP contribution in [-0.2, 0) is 24.3 Å². The number of hydrogen-bond acceptors (Lipinski definition) is 7. The Morgan fingerprint density at radius 2 is 1.77 bits per heavy atom. The maximum Gasteiger partial charge on any atom is 0.328 e. The number of ether oxygens (including phenoxy) is 1. The van der Waals surface area contributed by atoms with Crippen molar-refractivity contribution in [3.05, 3.63) is 42.5 Å². The van der Waals surface area contributed by atoms with E-state index in [-0.39, 0.29) is 36.1 Å². The van der Waals surface area contributed by atoms with Crippen molar-refractivity contribution in [2.24, 2.45) is 0 Å². The minimum Gasteiger partial charge on any atom is -0.467 e. The number of likely N-dealkylation sites (tertiary alicyclic amines) is 1. The first-order chi connectivity index (χ1) is 14.7. The number of carbonyl (C=O) groups is 2. The van der Waals surface area contributed by atoms with E-state index in [1.54, 1.807) is 12.1 Å². The Hall–Kier alpha value is -2.14. The van der Waals surface area contributed by atoms with Crippen LogP contribution in [0.1, 0.15) is 12.8 Å². The molecule has 4 rings (SSSR count). The number of aliphatic hydroxyl groups is 1. The molecule has 4 atom stereocenters. The van der Waals surface area contributed by atoms with E-state index >= 15 is 0 Å². The summed E-state index contributed by atoms with van der Waals surface area (Å²) < 4.78 is 32.9. The van der Waals surface area contributed by atoms with Crippen LogP contribution in [0.25, 0.3) is 10.8 Å². The standard InChI is InChI=1S/C21H24N2O6S2/c1-29-21(26)19-9-15(24)11-22(19)20(25)18-10-16(30)12-23(18)31(27,28)17-7-6-13-4-2-3-5-14(13)8-17/h2-8,15-16,18-19,24,30H,9-12H2,1H3/t15-,16+,18+,19+/m1/s1. The predicted molar refractivity (Wildman–Crippen MR) is 117 cm³/mol. The highest BCUT2D eigenvalue weighted by Crippen LogP contribution is 2.33. The fourth-order valence-corrected chi connectivity index (χ4v) is 6.51. The zero-order chi connectivity index (χ0) is 22.3. The second-order valence-electron chi connectivity index (χ2n) is 7.91. The number of fused-ring (bicyclic) bond motifs is 1. The number of carbonyl (C=O) groups excluding carboxylic acids is 2. The number of benzene rings is 2. The van der Waals surface area contributed by atoms with Crippen LogP contribution in [0.15, 0.2) is 47.4 Å². The van der Waals surface area contributed by atoms with Crippen LogP contribution >= 0.6 is 12.6 Å². The number of nitrogens with zero attached hydrogens (tertiary/aromatic N) is 2. The fraction of sp³-hybridized carbons (Fsp3) is 0.429. The second kappa shape index (κ2) is 8.42. The van der Waals surface area contributed by atoms with Crippen molar-refractivity contribution < 1.29 is 27.9 Å². The molecule has 1 N–H and O–H groups in total. The van der Waals surface area contributed by atoms with Crippen LogP contribution < -0.4 is 0 Å². The van der Waals surface area contributed by atoms with Gasteiger partial charge in [-0.1, -0.05) is 30.3 Å². The molecule has 31 heavy (non-hydrogen) atoms. The summed E-state index contributed by atoms with van der Waals surface area (Å²) in [5.41, 5.74) is 0. The van der Waals surface area contributed by atoms with Crippen molar-refractivity contribution in [1.82, 2.24) is 9.21 Å². The molecule has 8 nitrogen and oxygen atoms in total. The fourth-order valence-electron chi connectivity index (χ4n) is 4.35. The minimum absolute atomic E-state index is 0.0454. The van der Waals surface area contributed by atoms with Gasteiger partial charge in [-0.05, 0) is 29.3 Å². The Labute approximate surface area is 186 Å². The van der Waals surface area contributed by atoms with Crippen molar-refractivity contribution in [1.29, 1.82) is 0 Å². The predicted octanol–water partition coefficient (Wildman–Crippen LogP) is 1.04. The highest BCUT2D eigenvalue weighted by molar-refractivity contribution is 7.89. The number of esters is 1. The summed E-state index contributed by atoms with van der Waals surface area (Å²) in [4.78, 5) is 26.8. The number of sulfonamides is 1. The van der Waals surface area contributed by atoms with Crippen molar-refractivity contribution in [3.63, 3.8) is 0 Å². The van der Waals surface area contributed by atoms with E-state index in [4.69, 9.17) is 4.74 Å². The van der Waals surface area contributed by atoms with Crippen LogP contribution in [0, 0.1) is 0 Å². The number of rotatable bonds is 4. The van der Waals surface area contributed by atoms with Gasteiger partial charge in [-0.15, -0.1) is 0 Å². The van der Waals surface area contributed by atoms with Gasteiger partial charge in [0.1, 0.15) is 12.1 Å². The third kappa shape index (κ3) is 4.05. The molecule has 0 saturated carbocycles. The summed E-state index contributed by atoms with van der Waals surface area (Å²) in [6.07, 6.45) is -0.589. The Balaban J connectivity index is 1.66. The molecule has 1 amide bonds. The molecule has 2 fully saturated rings. The highest BCUT2D eigenvalue weighted by atomic mass is 32.2. The summed E-state index contributed by atoms with van der Waals surface area (Å²) in [7, 11) is -2.77. The zero-order valence-electron chi connectivity index (χ0n) is 16.9. The van der Waals surface area contributed by atoms with Gasteiger partial charge in [0.15, 0.2) is 0 Å². The molecule has 2 heterocycles. The largest absolute Gasteiger partial charge is 0.467 e. The minimum atomic E-state index is -3.99. The molecule has 0 radical (unpaired) electrons. The molecule has 2 aromatic carbocycles. The topological polar surface area (TPSA) is 104 Å². The summed E-state index contributed by atoms with van der Waals surface area (Å²) in [5.74, 6) is -1.15. The summed E-state index contributed by atoms with van der Waals surface area (Å²) in [6.45, 7) is 0.0319. The first-order valence-electron chi connectivity index (χ1n) is 9.97. The molecule has 0 spiro atoms. The molecule has 0 bridgehead atoms. The van der Waals surface area contributed by atoms with Gasteiger partial charge in [0, 0.05) is 24.8 Å². The van der Waals surface area contributed by atoms with E-state index in [9.17, 15) is 23.1 Å². The van der Waals surface area contributed by atoms with Gasteiger partial charge in [0.2, 0.25) is 15.9 Å². The van der Waals surface area contributed by atoms with Crippen LogP contribution in [0.3, 0.4) is 0 Å². The Bertz CT molecular complexity index is 1120. The first kappa shape index (κ1) is 22.1. The molecule has 0 aliphatic carbocycles. The summed E-state index contributed by atoms with van der Waals surface area (Å²) >= 11 is 4.43. The zero-order valence-corrected chi connectivity index (χ0v) is 18.6. The normalized spacial score (nSPS) is 27.0. The molecule has 166 valence electrons. The second-order valence-corrected chi connectivity index (χ2v) is 10.5. The van der Waals surface area contributed by atoms with Crippen molar-refractivity contribution in [2.75, 3.05) is 20.2 Å². The van der Waals surface area contributed by atoms with Gasteiger partial charge in [0.25, 0.3) is 0 Å². The SMILES string of the molecule is COC(=O)[C@@H]1C[C@@H](O)CN1C(=O)[C@@H]1C[C@H](S)CN1S(=O)(=O)c1ccc2ccccc2c1. The number of amides is 1. The van der Waals surface area contributed by atoms with Gasteiger partial charge in [-0.2, -0.15) is 16.9 Å². The van der Waals surface area contributed by atoms with E-state index in [1.165, 1.54) is 18.1 Å². The average Bonchev–Trinajstić information content (AvgIpc) is 3.35. The van der Waals surface area contributed by atoms with E-state index < -0.39 is 40.1 Å². The third-order valence-electron chi connectivity index (χ3n) is 5.88. The number of methoxy groups -OCH3 is 1. The Morgan fingerprint density at radius 1 is 1.06 bits per heavy atom. The Kier molecular flexibility index (Phi) is 5.99.